The molecular formula is C24H23ClN4O5. The van der Waals surface area contributed by atoms with E-state index in [1.165, 1.54) is 18.5 Å². The normalized spacial score (nSPS) is 13.1. The molecule has 3 heterocycles. The number of carbonyl (C=O) groups is 2. The van der Waals surface area contributed by atoms with Crippen molar-refractivity contribution < 1.29 is 24.2 Å². The van der Waals surface area contributed by atoms with Gasteiger partial charge in [0.1, 0.15) is 18.4 Å². The number of anilines is 1. The molecule has 0 bridgehead atoms. The molecule has 1 aliphatic heterocycles. The summed E-state index contributed by atoms with van der Waals surface area (Å²) in [5.74, 6) is 0.446. The van der Waals surface area contributed by atoms with Crippen molar-refractivity contribution in [3.63, 3.8) is 0 Å². The standard InChI is InChI=1S/C24H23ClN4O5/c25-19-14-26-9-7-18(19)23(30)29-20(24(31)32)13-15-1-4-17(5-2-15)33-11-8-16-3-6-21-22(28-16)27-10-12-34-21/h1-7,9,14,20H,8,10-13H2,(H,27,28)(H,29,30)(H,31,32)/t20-/m0/s1. The molecule has 0 aliphatic carbocycles. The maximum atomic E-state index is 12.4. The molecule has 0 unspecified atom stereocenters. The van der Waals surface area contributed by atoms with Gasteiger partial charge < -0.3 is 25.2 Å². The number of carboxylic acids is 1. The van der Waals surface area contributed by atoms with Gasteiger partial charge in [0.2, 0.25) is 0 Å². The van der Waals surface area contributed by atoms with Gasteiger partial charge in [-0.2, -0.15) is 0 Å². The summed E-state index contributed by atoms with van der Waals surface area (Å²) in [5, 5.41) is 15.4. The van der Waals surface area contributed by atoms with Gasteiger partial charge in [-0.3, -0.25) is 9.78 Å². The Morgan fingerprint density at radius 3 is 2.79 bits per heavy atom. The van der Waals surface area contributed by atoms with Crippen LogP contribution in [0.3, 0.4) is 0 Å². The molecule has 0 spiro atoms. The lowest BCUT2D eigenvalue weighted by molar-refractivity contribution is -0.139. The molecular weight excluding hydrogens is 460 g/mol. The zero-order valence-corrected chi connectivity index (χ0v) is 18.9. The summed E-state index contributed by atoms with van der Waals surface area (Å²) >= 11 is 5.97. The van der Waals surface area contributed by atoms with E-state index in [1.54, 1.807) is 24.3 Å². The Hall–Kier alpha value is -3.85. The highest BCUT2D eigenvalue weighted by Gasteiger charge is 2.22. The highest BCUT2D eigenvalue weighted by atomic mass is 35.5. The second-order valence-corrected chi connectivity index (χ2v) is 8.00. The van der Waals surface area contributed by atoms with Crippen LogP contribution in [0.4, 0.5) is 5.82 Å². The van der Waals surface area contributed by atoms with Gasteiger partial charge in [0.05, 0.1) is 23.7 Å². The molecule has 3 N–H and O–H groups in total. The Labute approximate surface area is 201 Å². The Balaban J connectivity index is 1.30. The summed E-state index contributed by atoms with van der Waals surface area (Å²) in [6.07, 6.45) is 3.49. The minimum Gasteiger partial charge on any atom is -0.493 e. The van der Waals surface area contributed by atoms with Crippen LogP contribution in [0.2, 0.25) is 5.02 Å². The molecule has 1 aliphatic rings. The molecule has 0 radical (unpaired) electrons. The molecule has 34 heavy (non-hydrogen) atoms. The molecule has 3 aromatic rings. The molecule has 10 heteroatoms. The fourth-order valence-electron chi connectivity index (χ4n) is 3.43. The largest absolute Gasteiger partial charge is 0.493 e. The number of nitrogens with one attached hydrogen (secondary N) is 2. The van der Waals surface area contributed by atoms with Gasteiger partial charge in [0.25, 0.3) is 5.91 Å². The minimum atomic E-state index is -1.14. The minimum absolute atomic E-state index is 0.109. The lowest BCUT2D eigenvalue weighted by atomic mass is 10.1. The van der Waals surface area contributed by atoms with Crippen molar-refractivity contribution >= 4 is 29.3 Å². The molecule has 0 saturated carbocycles. The van der Waals surface area contributed by atoms with Crippen LogP contribution in [-0.2, 0) is 17.6 Å². The number of benzene rings is 1. The Morgan fingerprint density at radius 2 is 2.03 bits per heavy atom. The van der Waals surface area contributed by atoms with Crippen LogP contribution in [-0.4, -0.2) is 52.8 Å². The molecule has 0 saturated heterocycles. The maximum Gasteiger partial charge on any atom is 0.326 e. The lowest BCUT2D eigenvalue weighted by Gasteiger charge is -2.18. The van der Waals surface area contributed by atoms with Crippen LogP contribution in [0, 0.1) is 0 Å². The molecule has 4 rings (SSSR count). The fraction of sp³-hybridized carbons (Fsp3) is 0.250. The van der Waals surface area contributed by atoms with Crippen molar-refractivity contribution in [3.8, 4) is 11.5 Å². The van der Waals surface area contributed by atoms with E-state index in [9.17, 15) is 14.7 Å². The number of amides is 1. The first-order valence-corrected chi connectivity index (χ1v) is 11.1. The summed E-state index contributed by atoms with van der Waals surface area (Å²) in [6.45, 7) is 1.80. The van der Waals surface area contributed by atoms with E-state index in [0.29, 0.717) is 25.4 Å². The van der Waals surface area contributed by atoms with Gasteiger partial charge in [-0.05, 0) is 35.9 Å². The van der Waals surface area contributed by atoms with E-state index >= 15 is 0 Å². The van der Waals surface area contributed by atoms with Crippen LogP contribution < -0.4 is 20.1 Å². The lowest BCUT2D eigenvalue weighted by Crippen LogP contribution is -2.42. The number of halogens is 1. The highest BCUT2D eigenvalue weighted by molar-refractivity contribution is 6.33. The average Bonchev–Trinajstić information content (AvgIpc) is 2.84. The average molecular weight is 483 g/mol. The van der Waals surface area contributed by atoms with E-state index in [0.717, 1.165) is 29.4 Å². The van der Waals surface area contributed by atoms with E-state index in [-0.39, 0.29) is 17.0 Å². The smallest absolute Gasteiger partial charge is 0.326 e. The van der Waals surface area contributed by atoms with Gasteiger partial charge in [0.15, 0.2) is 11.6 Å². The number of carbonyl (C=O) groups excluding carboxylic acids is 1. The van der Waals surface area contributed by atoms with Crippen LogP contribution >= 0.6 is 11.6 Å². The van der Waals surface area contributed by atoms with Crippen molar-refractivity contribution in [2.45, 2.75) is 18.9 Å². The predicted molar refractivity (Wildman–Crippen MR) is 126 cm³/mol. The van der Waals surface area contributed by atoms with E-state index in [2.05, 4.69) is 20.6 Å². The van der Waals surface area contributed by atoms with Crippen molar-refractivity contribution in [3.05, 3.63) is 76.7 Å². The maximum absolute atomic E-state index is 12.4. The number of aromatic nitrogens is 2. The zero-order chi connectivity index (χ0) is 23.9. The third-order valence-corrected chi connectivity index (χ3v) is 5.48. The highest BCUT2D eigenvalue weighted by Crippen LogP contribution is 2.25. The van der Waals surface area contributed by atoms with Crippen LogP contribution in [0.15, 0.2) is 54.9 Å². The second-order valence-electron chi connectivity index (χ2n) is 7.59. The third kappa shape index (κ3) is 5.93. The number of fused-ring (bicyclic) bond motifs is 1. The fourth-order valence-corrected chi connectivity index (χ4v) is 3.63. The van der Waals surface area contributed by atoms with Gasteiger partial charge in [-0.1, -0.05) is 23.7 Å². The van der Waals surface area contributed by atoms with Crippen LogP contribution in [0.5, 0.6) is 11.5 Å². The third-order valence-electron chi connectivity index (χ3n) is 5.18. The van der Waals surface area contributed by atoms with E-state index < -0.39 is 17.9 Å². The summed E-state index contributed by atoms with van der Waals surface area (Å²) < 4.78 is 11.3. The second kappa shape index (κ2) is 10.8. The van der Waals surface area contributed by atoms with Gasteiger partial charge >= 0.3 is 5.97 Å². The molecule has 0 fully saturated rings. The van der Waals surface area contributed by atoms with Crippen molar-refractivity contribution in [2.24, 2.45) is 0 Å². The zero-order valence-electron chi connectivity index (χ0n) is 18.2. The summed E-state index contributed by atoms with van der Waals surface area (Å²) in [4.78, 5) is 32.5. The Morgan fingerprint density at radius 1 is 1.21 bits per heavy atom. The summed E-state index contributed by atoms with van der Waals surface area (Å²) in [6, 6.07) is 11.2. The number of hydrogen-bond acceptors (Lipinski definition) is 7. The predicted octanol–water partition coefficient (Wildman–Crippen LogP) is 2.98. The molecule has 1 aromatic carbocycles. The Bertz CT molecular complexity index is 1170. The number of nitrogens with zero attached hydrogens (tertiary/aromatic N) is 2. The molecule has 1 atom stereocenters. The number of aliphatic carboxylic acids is 1. The van der Waals surface area contributed by atoms with Crippen molar-refractivity contribution in [1.29, 1.82) is 0 Å². The van der Waals surface area contributed by atoms with Crippen molar-refractivity contribution in [2.75, 3.05) is 25.1 Å². The first kappa shape index (κ1) is 23.3. The quantitative estimate of drug-likeness (QED) is 0.425. The van der Waals surface area contributed by atoms with Gasteiger partial charge in [-0.15, -0.1) is 0 Å². The summed E-state index contributed by atoms with van der Waals surface area (Å²) in [5.41, 5.74) is 1.80. The SMILES string of the molecule is O=C(N[C@@H](Cc1ccc(OCCc2ccc3c(n2)NCCO3)cc1)C(=O)O)c1ccncc1Cl. The van der Waals surface area contributed by atoms with Gasteiger partial charge in [-0.25, -0.2) is 9.78 Å². The monoisotopic (exact) mass is 482 g/mol. The topological polar surface area (TPSA) is 123 Å². The number of pyridine rings is 2. The van der Waals surface area contributed by atoms with Gasteiger partial charge in [0, 0.05) is 30.9 Å². The molecule has 9 nitrogen and oxygen atoms in total. The number of carboxylic acid groups (broad SMARTS) is 1. The molecule has 2 aromatic heterocycles. The van der Waals surface area contributed by atoms with Crippen molar-refractivity contribution in [1.82, 2.24) is 15.3 Å². The first-order chi connectivity index (χ1) is 16.5. The Kier molecular flexibility index (Phi) is 7.44. The molecule has 176 valence electrons. The first-order valence-electron chi connectivity index (χ1n) is 10.7. The molecule has 1 amide bonds. The number of hydrogen-bond donors (Lipinski definition) is 3. The number of rotatable bonds is 9. The van der Waals surface area contributed by atoms with E-state index in [4.69, 9.17) is 21.1 Å². The summed E-state index contributed by atoms with van der Waals surface area (Å²) in [7, 11) is 0. The number of ether oxygens (including phenoxy) is 2. The van der Waals surface area contributed by atoms with E-state index in [1.807, 2.05) is 12.1 Å². The van der Waals surface area contributed by atoms with Crippen LogP contribution in [0.25, 0.3) is 0 Å². The van der Waals surface area contributed by atoms with Crippen LogP contribution in [0.1, 0.15) is 21.6 Å².